The van der Waals surface area contributed by atoms with Crippen LogP contribution in [0, 0.1) is 0 Å². The van der Waals surface area contributed by atoms with Gasteiger partial charge in [0, 0.05) is 5.69 Å². The molecule has 1 aromatic carbocycles. The average molecular weight is 272 g/mol. The van der Waals surface area contributed by atoms with Crippen LogP contribution in [0.4, 0.5) is 5.69 Å². The van der Waals surface area contributed by atoms with Crippen LogP contribution in [-0.4, -0.2) is 25.2 Å². The average Bonchev–Trinajstić information content (AvgIpc) is 2.32. The molecule has 0 aliphatic rings. The smallest absolute Gasteiger partial charge is 0.339 e. The van der Waals surface area contributed by atoms with Gasteiger partial charge in [-0.3, -0.25) is 4.79 Å². The number of hydrogen-bond acceptors (Lipinski definition) is 5. The van der Waals surface area contributed by atoms with Crippen molar-refractivity contribution in [1.29, 1.82) is 0 Å². The molecule has 18 heavy (non-hydrogen) atoms. The lowest BCUT2D eigenvalue weighted by molar-refractivity contribution is -0.143. The Morgan fingerprint density at radius 1 is 1.33 bits per heavy atom. The first kappa shape index (κ1) is 14.3. The highest BCUT2D eigenvalue weighted by Crippen LogP contribution is 2.19. The first-order chi connectivity index (χ1) is 8.54. The van der Waals surface area contributed by atoms with Gasteiger partial charge in [0.25, 0.3) is 0 Å². The number of nitrogen functional groups attached to an aromatic ring is 1. The molecule has 0 spiro atoms. The summed E-state index contributed by atoms with van der Waals surface area (Å²) in [6.45, 7) is 1.95. The second kappa shape index (κ2) is 6.86. The van der Waals surface area contributed by atoms with Crippen molar-refractivity contribution in [2.75, 3.05) is 18.9 Å². The maximum Gasteiger partial charge on any atom is 0.339 e. The predicted molar refractivity (Wildman–Crippen MR) is 67.4 cm³/mol. The Labute approximate surface area is 110 Å². The zero-order valence-electron chi connectivity index (χ0n) is 9.94. The van der Waals surface area contributed by atoms with Gasteiger partial charge in [0.05, 0.1) is 23.6 Å². The van der Waals surface area contributed by atoms with Gasteiger partial charge in [0.15, 0.2) is 0 Å². The normalized spacial score (nSPS) is 9.89. The van der Waals surface area contributed by atoms with Gasteiger partial charge in [0.1, 0.15) is 6.61 Å². The number of carbonyl (C=O) groups excluding carboxylic acids is 2. The largest absolute Gasteiger partial charge is 0.466 e. The van der Waals surface area contributed by atoms with Gasteiger partial charge < -0.3 is 15.2 Å². The van der Waals surface area contributed by atoms with Crippen LogP contribution in [0.2, 0.25) is 5.02 Å². The summed E-state index contributed by atoms with van der Waals surface area (Å²) in [5.41, 5.74) is 6.14. The third kappa shape index (κ3) is 4.25. The number of carbonyl (C=O) groups is 2. The summed E-state index contributed by atoms with van der Waals surface area (Å²) in [6.07, 6.45) is 0.0134. The fourth-order valence-corrected chi connectivity index (χ4v) is 1.43. The van der Waals surface area contributed by atoms with E-state index in [1.807, 2.05) is 0 Å². The molecule has 0 saturated heterocycles. The number of nitrogens with two attached hydrogens (primary N) is 1. The van der Waals surface area contributed by atoms with Crippen molar-refractivity contribution in [1.82, 2.24) is 0 Å². The van der Waals surface area contributed by atoms with Gasteiger partial charge in [-0.2, -0.15) is 0 Å². The monoisotopic (exact) mass is 271 g/mol. The minimum atomic E-state index is -0.614. The van der Waals surface area contributed by atoms with E-state index in [2.05, 4.69) is 0 Å². The second-order valence-electron chi connectivity index (χ2n) is 3.43. The van der Waals surface area contributed by atoms with Crippen molar-refractivity contribution in [3.8, 4) is 0 Å². The molecule has 0 amide bonds. The summed E-state index contributed by atoms with van der Waals surface area (Å²) in [6, 6.07) is 4.52. The number of esters is 2. The molecule has 1 aromatic rings. The number of anilines is 1. The third-order valence-corrected chi connectivity index (χ3v) is 2.38. The molecule has 0 bridgehead atoms. The van der Waals surface area contributed by atoms with E-state index in [-0.39, 0.29) is 23.6 Å². The van der Waals surface area contributed by atoms with Crippen LogP contribution in [0.25, 0.3) is 0 Å². The predicted octanol–water partition coefficient (Wildman–Crippen LogP) is 2.03. The number of ether oxygens (including phenoxy) is 2. The van der Waals surface area contributed by atoms with Crippen LogP contribution < -0.4 is 5.73 Å². The minimum Gasteiger partial charge on any atom is -0.466 e. The molecule has 0 aliphatic carbocycles. The van der Waals surface area contributed by atoms with Crippen LogP contribution in [0.1, 0.15) is 23.7 Å². The first-order valence-corrected chi connectivity index (χ1v) is 5.80. The summed E-state index contributed by atoms with van der Waals surface area (Å²) >= 11 is 5.83. The van der Waals surface area contributed by atoms with E-state index in [0.717, 1.165) is 0 Å². The van der Waals surface area contributed by atoms with E-state index in [4.69, 9.17) is 26.8 Å². The van der Waals surface area contributed by atoms with E-state index in [1.165, 1.54) is 12.1 Å². The molecule has 2 N–H and O–H groups in total. The van der Waals surface area contributed by atoms with Crippen molar-refractivity contribution >= 4 is 29.2 Å². The van der Waals surface area contributed by atoms with Crippen LogP contribution >= 0.6 is 11.6 Å². The van der Waals surface area contributed by atoms with Gasteiger partial charge in [0.2, 0.25) is 0 Å². The Bertz CT molecular complexity index is 448. The van der Waals surface area contributed by atoms with Crippen molar-refractivity contribution in [2.45, 2.75) is 13.3 Å². The highest BCUT2D eigenvalue weighted by molar-refractivity contribution is 6.33. The van der Waals surface area contributed by atoms with E-state index < -0.39 is 11.9 Å². The highest BCUT2D eigenvalue weighted by Gasteiger charge is 2.13. The van der Waals surface area contributed by atoms with Crippen molar-refractivity contribution in [3.05, 3.63) is 28.8 Å². The van der Waals surface area contributed by atoms with Gasteiger partial charge in [-0.25, -0.2) is 4.79 Å². The Kier molecular flexibility index (Phi) is 5.45. The van der Waals surface area contributed by atoms with Gasteiger partial charge in [-0.1, -0.05) is 11.6 Å². The SMILES string of the molecule is CCOC(=O)CCOC(=O)c1cc(N)ccc1Cl. The molecule has 1 rings (SSSR count). The Morgan fingerprint density at radius 3 is 2.72 bits per heavy atom. The van der Waals surface area contributed by atoms with Crippen molar-refractivity contribution in [3.63, 3.8) is 0 Å². The summed E-state index contributed by atoms with van der Waals surface area (Å²) < 4.78 is 9.60. The molecule has 0 saturated carbocycles. The zero-order valence-corrected chi connectivity index (χ0v) is 10.7. The quantitative estimate of drug-likeness (QED) is 0.655. The summed E-state index contributed by atoms with van der Waals surface area (Å²) in [5.74, 6) is -1.03. The topological polar surface area (TPSA) is 78.6 Å². The Hall–Kier alpha value is -1.75. The molecule has 5 nitrogen and oxygen atoms in total. The summed E-state index contributed by atoms with van der Waals surface area (Å²) in [5, 5.41) is 0.255. The molecule has 0 heterocycles. The Morgan fingerprint density at radius 2 is 2.06 bits per heavy atom. The highest BCUT2D eigenvalue weighted by atomic mass is 35.5. The maximum absolute atomic E-state index is 11.6. The standard InChI is InChI=1S/C12H14ClNO4/c1-2-17-11(15)5-6-18-12(16)9-7-8(14)3-4-10(9)13/h3-4,7H,2,5-6,14H2,1H3. The van der Waals surface area contributed by atoms with Crippen LogP contribution in [-0.2, 0) is 14.3 Å². The molecule has 0 fully saturated rings. The van der Waals surface area contributed by atoms with Crippen molar-refractivity contribution < 1.29 is 19.1 Å². The van der Waals surface area contributed by atoms with Crippen LogP contribution in [0.3, 0.4) is 0 Å². The van der Waals surface area contributed by atoms with E-state index in [1.54, 1.807) is 13.0 Å². The first-order valence-electron chi connectivity index (χ1n) is 5.42. The zero-order chi connectivity index (χ0) is 13.5. The lowest BCUT2D eigenvalue weighted by Gasteiger charge is -2.06. The summed E-state index contributed by atoms with van der Waals surface area (Å²) in [4.78, 5) is 22.7. The molecule has 98 valence electrons. The molecular formula is C12H14ClNO4. The fraction of sp³-hybridized carbons (Fsp3) is 0.333. The van der Waals surface area contributed by atoms with Gasteiger partial charge in [-0.15, -0.1) is 0 Å². The second-order valence-corrected chi connectivity index (χ2v) is 3.84. The van der Waals surface area contributed by atoms with Crippen LogP contribution in [0.5, 0.6) is 0 Å². The van der Waals surface area contributed by atoms with E-state index in [0.29, 0.717) is 12.3 Å². The number of hydrogen-bond donors (Lipinski definition) is 1. The molecule has 6 heteroatoms. The van der Waals surface area contributed by atoms with Crippen molar-refractivity contribution in [2.24, 2.45) is 0 Å². The third-order valence-electron chi connectivity index (χ3n) is 2.05. The Balaban J connectivity index is 2.50. The lowest BCUT2D eigenvalue weighted by Crippen LogP contribution is -2.12. The van der Waals surface area contributed by atoms with Gasteiger partial charge >= 0.3 is 11.9 Å². The number of rotatable bonds is 5. The molecular weight excluding hydrogens is 258 g/mol. The summed E-state index contributed by atoms with van der Waals surface area (Å²) in [7, 11) is 0. The molecule has 0 aliphatic heterocycles. The van der Waals surface area contributed by atoms with E-state index >= 15 is 0 Å². The molecule has 0 aromatic heterocycles. The molecule has 0 atom stereocenters. The maximum atomic E-state index is 11.6. The molecule has 0 radical (unpaired) electrons. The van der Waals surface area contributed by atoms with E-state index in [9.17, 15) is 9.59 Å². The molecule has 0 unspecified atom stereocenters. The lowest BCUT2D eigenvalue weighted by atomic mass is 10.2. The van der Waals surface area contributed by atoms with Crippen LogP contribution in [0.15, 0.2) is 18.2 Å². The number of halogens is 1. The number of benzene rings is 1. The van der Waals surface area contributed by atoms with Gasteiger partial charge in [-0.05, 0) is 25.1 Å². The minimum absolute atomic E-state index is 0.0134. The fourth-order valence-electron chi connectivity index (χ4n) is 1.24.